The molecular weight excluding hydrogens is 238 g/mol. The number of aliphatic hydroxyl groups is 1. The van der Waals surface area contributed by atoms with E-state index in [1.165, 1.54) is 18.9 Å². The lowest BCUT2D eigenvalue weighted by Gasteiger charge is -2.09. The maximum Gasteiger partial charge on any atom is 0.240 e. The van der Waals surface area contributed by atoms with E-state index >= 15 is 0 Å². The molecule has 0 saturated heterocycles. The Balaban J connectivity index is 2.06. The molecule has 94 valence electrons. The van der Waals surface area contributed by atoms with E-state index in [2.05, 4.69) is 4.72 Å². The smallest absolute Gasteiger partial charge is 0.240 e. The number of sulfonamides is 1. The minimum absolute atomic E-state index is 0.179. The summed E-state index contributed by atoms with van der Waals surface area (Å²) >= 11 is 0. The molecule has 1 aromatic rings. The van der Waals surface area contributed by atoms with Crippen molar-refractivity contribution in [2.75, 3.05) is 6.54 Å². The third kappa shape index (κ3) is 3.28. The molecule has 2 N–H and O–H groups in total. The molecule has 0 radical (unpaired) electrons. The molecule has 0 amide bonds. The molecule has 1 aliphatic rings. The molecule has 0 aliphatic heterocycles. The molecule has 1 aromatic carbocycles. The Bertz CT molecular complexity index is 480. The fourth-order valence-corrected chi connectivity index (χ4v) is 3.06. The third-order valence-electron chi connectivity index (χ3n) is 2.97. The summed E-state index contributed by atoms with van der Waals surface area (Å²) in [6, 6.07) is 6.52. The first kappa shape index (κ1) is 12.5. The Morgan fingerprint density at radius 2 is 2.00 bits per heavy atom. The summed E-state index contributed by atoms with van der Waals surface area (Å²) in [4.78, 5) is 0.179. The monoisotopic (exact) mass is 255 g/mol. The average molecular weight is 255 g/mol. The molecule has 0 spiro atoms. The van der Waals surface area contributed by atoms with E-state index in [1.54, 1.807) is 18.2 Å². The highest BCUT2D eigenvalue weighted by molar-refractivity contribution is 7.89. The van der Waals surface area contributed by atoms with Crippen molar-refractivity contribution in [3.05, 3.63) is 29.8 Å². The van der Waals surface area contributed by atoms with Crippen LogP contribution < -0.4 is 4.72 Å². The van der Waals surface area contributed by atoms with Crippen LogP contribution in [0.15, 0.2) is 29.2 Å². The molecule has 1 saturated carbocycles. The van der Waals surface area contributed by atoms with Crippen LogP contribution in [-0.2, 0) is 16.6 Å². The number of hydrogen-bond acceptors (Lipinski definition) is 3. The second kappa shape index (κ2) is 5.16. The van der Waals surface area contributed by atoms with E-state index in [4.69, 9.17) is 5.11 Å². The van der Waals surface area contributed by atoms with Gasteiger partial charge in [-0.1, -0.05) is 31.0 Å². The summed E-state index contributed by atoms with van der Waals surface area (Å²) < 4.78 is 26.6. The van der Waals surface area contributed by atoms with Gasteiger partial charge < -0.3 is 5.11 Å². The van der Waals surface area contributed by atoms with Gasteiger partial charge in [0.2, 0.25) is 10.0 Å². The highest BCUT2D eigenvalue weighted by atomic mass is 32.2. The van der Waals surface area contributed by atoms with Gasteiger partial charge in [-0.15, -0.1) is 0 Å². The van der Waals surface area contributed by atoms with E-state index in [1.807, 2.05) is 0 Å². The first-order chi connectivity index (χ1) is 8.13. The molecule has 0 atom stereocenters. The van der Waals surface area contributed by atoms with Gasteiger partial charge in [0.25, 0.3) is 0 Å². The van der Waals surface area contributed by atoms with E-state index in [0.717, 1.165) is 6.42 Å². The molecule has 1 aliphatic carbocycles. The molecule has 5 heteroatoms. The Labute approximate surface area is 102 Å². The van der Waals surface area contributed by atoms with Gasteiger partial charge in [-0.25, -0.2) is 13.1 Å². The van der Waals surface area contributed by atoms with Crippen LogP contribution in [0.3, 0.4) is 0 Å². The minimum atomic E-state index is -3.48. The van der Waals surface area contributed by atoms with Crippen LogP contribution in [0.1, 0.15) is 24.8 Å². The van der Waals surface area contributed by atoms with E-state index < -0.39 is 10.0 Å². The normalized spacial score (nSPS) is 16.1. The summed E-state index contributed by atoms with van der Waals surface area (Å²) in [5.41, 5.74) is 0.437. The van der Waals surface area contributed by atoms with Crippen molar-refractivity contribution in [1.82, 2.24) is 4.72 Å². The lowest BCUT2D eigenvalue weighted by molar-refractivity contribution is 0.278. The van der Waals surface area contributed by atoms with Gasteiger partial charge in [-0.2, -0.15) is 0 Å². The third-order valence-corrected chi connectivity index (χ3v) is 4.54. The van der Waals surface area contributed by atoms with Crippen LogP contribution in [0.2, 0.25) is 0 Å². The van der Waals surface area contributed by atoms with E-state index in [-0.39, 0.29) is 11.5 Å². The van der Waals surface area contributed by atoms with E-state index in [9.17, 15) is 8.42 Å². The van der Waals surface area contributed by atoms with Crippen molar-refractivity contribution in [1.29, 1.82) is 0 Å². The number of aliphatic hydroxyl groups excluding tert-OH is 1. The predicted octanol–water partition coefficient (Wildman–Crippen LogP) is 1.26. The van der Waals surface area contributed by atoms with E-state index in [0.29, 0.717) is 18.0 Å². The quantitative estimate of drug-likeness (QED) is 0.804. The molecule has 0 bridgehead atoms. The SMILES string of the molecule is O=S(=O)(NCCC1CC1)c1ccccc1CO. The largest absolute Gasteiger partial charge is 0.392 e. The van der Waals surface area contributed by atoms with Gasteiger partial charge in [-0.3, -0.25) is 0 Å². The predicted molar refractivity (Wildman–Crippen MR) is 64.9 cm³/mol. The Kier molecular flexibility index (Phi) is 3.81. The Morgan fingerprint density at radius 3 is 2.65 bits per heavy atom. The molecule has 17 heavy (non-hydrogen) atoms. The Hall–Kier alpha value is -0.910. The molecule has 0 unspecified atom stereocenters. The van der Waals surface area contributed by atoms with Crippen molar-refractivity contribution in [2.45, 2.75) is 30.8 Å². The highest BCUT2D eigenvalue weighted by Crippen LogP contribution is 2.31. The van der Waals surface area contributed by atoms with Crippen LogP contribution in [-0.4, -0.2) is 20.1 Å². The zero-order chi connectivity index (χ0) is 12.3. The van der Waals surface area contributed by atoms with Crippen LogP contribution in [0.4, 0.5) is 0 Å². The fourth-order valence-electron chi connectivity index (χ4n) is 1.78. The van der Waals surface area contributed by atoms with Gasteiger partial charge in [0.15, 0.2) is 0 Å². The second-order valence-electron chi connectivity index (χ2n) is 4.40. The van der Waals surface area contributed by atoms with Gasteiger partial charge in [0.1, 0.15) is 0 Å². The minimum Gasteiger partial charge on any atom is -0.392 e. The number of hydrogen-bond donors (Lipinski definition) is 2. The molecule has 0 aromatic heterocycles. The molecule has 1 fully saturated rings. The number of benzene rings is 1. The lowest BCUT2D eigenvalue weighted by atomic mass is 10.2. The average Bonchev–Trinajstić information content (AvgIpc) is 3.13. The molecular formula is C12H17NO3S. The maximum atomic E-state index is 12.0. The fraction of sp³-hybridized carbons (Fsp3) is 0.500. The van der Waals surface area contributed by atoms with Crippen LogP contribution in [0.25, 0.3) is 0 Å². The summed E-state index contributed by atoms with van der Waals surface area (Å²) in [6.07, 6.45) is 3.34. The first-order valence-electron chi connectivity index (χ1n) is 5.82. The summed E-state index contributed by atoms with van der Waals surface area (Å²) in [5.74, 6) is 0.700. The molecule has 0 heterocycles. The second-order valence-corrected chi connectivity index (χ2v) is 6.13. The first-order valence-corrected chi connectivity index (χ1v) is 7.30. The summed E-state index contributed by atoms with van der Waals surface area (Å²) in [7, 11) is -3.48. The van der Waals surface area contributed by atoms with Crippen molar-refractivity contribution in [3.63, 3.8) is 0 Å². The molecule has 4 nitrogen and oxygen atoms in total. The van der Waals surface area contributed by atoms with Gasteiger partial charge in [0.05, 0.1) is 11.5 Å². The van der Waals surface area contributed by atoms with Gasteiger partial charge in [0, 0.05) is 6.54 Å². The number of rotatable bonds is 6. The summed E-state index contributed by atoms with van der Waals surface area (Å²) in [6.45, 7) is 0.215. The van der Waals surface area contributed by atoms with Gasteiger partial charge in [-0.05, 0) is 24.0 Å². The molecule has 2 rings (SSSR count). The zero-order valence-corrected chi connectivity index (χ0v) is 10.4. The Morgan fingerprint density at radius 1 is 1.29 bits per heavy atom. The number of nitrogens with one attached hydrogen (secondary N) is 1. The van der Waals surface area contributed by atoms with Crippen molar-refractivity contribution >= 4 is 10.0 Å². The summed E-state index contributed by atoms with van der Waals surface area (Å²) in [5, 5.41) is 9.11. The van der Waals surface area contributed by atoms with Crippen LogP contribution in [0, 0.1) is 5.92 Å². The van der Waals surface area contributed by atoms with Crippen LogP contribution in [0.5, 0.6) is 0 Å². The van der Waals surface area contributed by atoms with Crippen molar-refractivity contribution < 1.29 is 13.5 Å². The topological polar surface area (TPSA) is 66.4 Å². The van der Waals surface area contributed by atoms with Crippen molar-refractivity contribution in [3.8, 4) is 0 Å². The standard InChI is InChI=1S/C12H17NO3S/c14-9-11-3-1-2-4-12(11)17(15,16)13-8-7-10-5-6-10/h1-4,10,13-14H,5-9H2. The highest BCUT2D eigenvalue weighted by Gasteiger charge is 2.22. The zero-order valence-electron chi connectivity index (χ0n) is 9.59. The van der Waals surface area contributed by atoms with Crippen LogP contribution >= 0.6 is 0 Å². The van der Waals surface area contributed by atoms with Gasteiger partial charge >= 0.3 is 0 Å². The maximum absolute atomic E-state index is 12.0. The lowest BCUT2D eigenvalue weighted by Crippen LogP contribution is -2.26. The van der Waals surface area contributed by atoms with Crippen molar-refractivity contribution in [2.24, 2.45) is 5.92 Å².